The fraction of sp³-hybridized carbons (Fsp3) is 0.778. The summed E-state index contributed by atoms with van der Waals surface area (Å²) in [5.41, 5.74) is 0. The first kappa shape index (κ1) is 13.5. The summed E-state index contributed by atoms with van der Waals surface area (Å²) >= 11 is 0. The number of hydrogen-bond donors (Lipinski definition) is 0. The lowest BCUT2D eigenvalue weighted by molar-refractivity contribution is -0.0394. The van der Waals surface area contributed by atoms with Gasteiger partial charge in [-0.15, -0.1) is 0 Å². The molecule has 1 atom stereocenters. The predicted molar refractivity (Wildman–Crippen MR) is 60.4 cm³/mol. The second kappa shape index (κ2) is 5.68. The van der Waals surface area contributed by atoms with E-state index in [1.807, 2.05) is 24.3 Å². The van der Waals surface area contributed by atoms with Gasteiger partial charge in [0.25, 0.3) is 0 Å². The van der Waals surface area contributed by atoms with E-state index in [9.17, 15) is 4.57 Å². The minimum atomic E-state index is -3.45. The molecule has 0 aromatic rings. The molecule has 0 aromatic heterocycles. The van der Waals surface area contributed by atoms with Gasteiger partial charge in [0.1, 0.15) is 0 Å². The van der Waals surface area contributed by atoms with Crippen molar-refractivity contribution >= 4 is 7.82 Å². The summed E-state index contributed by atoms with van der Waals surface area (Å²) in [4.78, 5) is 3.74. The summed E-state index contributed by atoms with van der Waals surface area (Å²) in [6.07, 6.45) is 4.29. The summed E-state index contributed by atoms with van der Waals surface area (Å²) in [6, 6.07) is 0. The van der Waals surface area contributed by atoms with Crippen molar-refractivity contribution in [3.63, 3.8) is 0 Å². The van der Waals surface area contributed by atoms with Crippen LogP contribution in [0.4, 0.5) is 0 Å². The molecule has 0 amide bonds. The molecule has 0 saturated carbocycles. The monoisotopic (exact) mass is 250 g/mol. The first-order valence-electron chi connectivity index (χ1n) is 5.12. The highest BCUT2D eigenvalue weighted by molar-refractivity contribution is 7.48. The van der Waals surface area contributed by atoms with Gasteiger partial charge in [-0.25, -0.2) is 9.09 Å². The van der Waals surface area contributed by atoms with Gasteiger partial charge in [-0.1, -0.05) is 6.92 Å². The van der Waals surface area contributed by atoms with Crippen molar-refractivity contribution in [2.45, 2.75) is 19.7 Å². The summed E-state index contributed by atoms with van der Waals surface area (Å²) in [5, 5.41) is 0. The lowest BCUT2D eigenvalue weighted by Crippen LogP contribution is -2.38. The zero-order chi connectivity index (χ0) is 12.2. The van der Waals surface area contributed by atoms with Crippen LogP contribution >= 0.6 is 7.82 Å². The molecule has 1 rings (SSSR count). The summed E-state index contributed by atoms with van der Waals surface area (Å²) < 4.78 is 26.7. The topological polar surface area (TPSA) is 51.2 Å². The van der Waals surface area contributed by atoms with Crippen molar-refractivity contribution in [3.8, 4) is 0 Å². The predicted octanol–water partition coefficient (Wildman–Crippen LogP) is 1.82. The van der Waals surface area contributed by atoms with E-state index in [4.69, 9.17) is 13.6 Å². The van der Waals surface area contributed by atoms with Crippen molar-refractivity contribution < 1.29 is 18.1 Å². The van der Waals surface area contributed by atoms with Crippen molar-refractivity contribution in [1.29, 1.82) is 0 Å². The van der Waals surface area contributed by atoms with Crippen molar-refractivity contribution in [2.75, 3.05) is 27.8 Å². The zero-order valence-electron chi connectivity index (χ0n) is 10.1. The van der Waals surface area contributed by atoms with E-state index in [2.05, 4.69) is 6.92 Å². The number of rotatable bonds is 6. The van der Waals surface area contributed by atoms with E-state index < -0.39 is 14.2 Å². The number of nitrogens with zero attached hydrogens (tertiary/aromatic N) is 2. The molecule has 16 heavy (non-hydrogen) atoms. The van der Waals surface area contributed by atoms with Crippen LogP contribution in [0.25, 0.3) is 0 Å². The minimum Gasteiger partial charge on any atom is -0.337 e. The van der Waals surface area contributed by atoms with Crippen LogP contribution in [0.15, 0.2) is 12.4 Å². The van der Waals surface area contributed by atoms with Crippen LogP contribution in [0.3, 0.4) is 0 Å². The van der Waals surface area contributed by atoms with E-state index >= 15 is 0 Å². The quantitative estimate of drug-likeness (QED) is 0.670. The van der Waals surface area contributed by atoms with Gasteiger partial charge in [0.05, 0.1) is 0 Å². The molecule has 0 fully saturated rings. The molecule has 0 spiro atoms. The lowest BCUT2D eigenvalue weighted by atomic mass is 10.4. The van der Waals surface area contributed by atoms with Gasteiger partial charge in [-0.3, -0.25) is 9.05 Å². The average Bonchev–Trinajstić information content (AvgIpc) is 2.62. The average molecular weight is 250 g/mol. The second-order valence-electron chi connectivity index (χ2n) is 3.45. The van der Waals surface area contributed by atoms with E-state index in [0.717, 1.165) is 13.0 Å². The standard InChI is InChI=1S/C9H19N2O4P/c1-5-6-11-8-7-10(2)9(11)15-16(12,13-3)14-4/h7-9H,5-6H2,1-4H3. The van der Waals surface area contributed by atoms with Crippen molar-refractivity contribution in [3.05, 3.63) is 12.4 Å². The molecule has 0 bridgehead atoms. The lowest BCUT2D eigenvalue weighted by Gasteiger charge is -2.31. The Bertz CT molecular complexity index is 289. The molecular weight excluding hydrogens is 231 g/mol. The van der Waals surface area contributed by atoms with Crippen molar-refractivity contribution in [1.82, 2.24) is 9.80 Å². The molecule has 6 nitrogen and oxygen atoms in total. The molecule has 0 radical (unpaired) electrons. The van der Waals surface area contributed by atoms with Crippen LogP contribution in [0.1, 0.15) is 13.3 Å². The first-order valence-corrected chi connectivity index (χ1v) is 6.58. The highest BCUT2D eigenvalue weighted by atomic mass is 31.2. The highest BCUT2D eigenvalue weighted by Gasteiger charge is 2.34. The van der Waals surface area contributed by atoms with Crippen LogP contribution in [-0.4, -0.2) is 44.0 Å². The normalized spacial score (nSPS) is 20.9. The third-order valence-electron chi connectivity index (χ3n) is 2.28. The number of hydrogen-bond acceptors (Lipinski definition) is 6. The van der Waals surface area contributed by atoms with Gasteiger partial charge >= 0.3 is 7.82 Å². The Morgan fingerprint density at radius 2 is 1.94 bits per heavy atom. The van der Waals surface area contributed by atoms with Crippen LogP contribution < -0.4 is 0 Å². The summed E-state index contributed by atoms with van der Waals surface area (Å²) in [6.45, 7) is 2.88. The zero-order valence-corrected chi connectivity index (χ0v) is 11.0. The Morgan fingerprint density at radius 1 is 1.31 bits per heavy atom. The van der Waals surface area contributed by atoms with Gasteiger partial charge in [0.15, 0.2) is 0 Å². The van der Waals surface area contributed by atoms with Crippen LogP contribution in [0.2, 0.25) is 0 Å². The van der Waals surface area contributed by atoms with Gasteiger partial charge in [-0.2, -0.15) is 0 Å². The molecule has 1 unspecified atom stereocenters. The largest absolute Gasteiger partial charge is 0.477 e. The maximum atomic E-state index is 11.9. The Morgan fingerprint density at radius 3 is 2.44 bits per heavy atom. The van der Waals surface area contributed by atoms with E-state index in [1.54, 1.807) is 4.90 Å². The molecule has 0 saturated heterocycles. The molecular formula is C9H19N2O4P. The smallest absolute Gasteiger partial charge is 0.337 e. The Kier molecular flexibility index (Phi) is 4.80. The second-order valence-corrected chi connectivity index (χ2v) is 5.28. The molecule has 0 N–H and O–H groups in total. The van der Waals surface area contributed by atoms with Gasteiger partial charge in [0, 0.05) is 40.2 Å². The third kappa shape index (κ3) is 2.98. The van der Waals surface area contributed by atoms with Crippen LogP contribution in [0, 0.1) is 0 Å². The van der Waals surface area contributed by atoms with E-state index in [1.165, 1.54) is 14.2 Å². The molecule has 1 aliphatic rings. The Labute approximate surface area is 96.4 Å². The third-order valence-corrected chi connectivity index (χ3v) is 3.62. The maximum absolute atomic E-state index is 11.9. The SMILES string of the molecule is CCCN1C=CN(C)C1OP(=O)(OC)OC. The van der Waals surface area contributed by atoms with Crippen LogP contribution in [0.5, 0.6) is 0 Å². The fourth-order valence-electron chi connectivity index (χ4n) is 1.43. The Hall–Kier alpha value is -0.550. The number of phosphoric acid groups is 1. The molecule has 0 aliphatic carbocycles. The fourth-order valence-corrected chi connectivity index (χ4v) is 2.25. The summed E-state index contributed by atoms with van der Waals surface area (Å²) in [5.74, 6) is 0. The minimum absolute atomic E-state index is 0.439. The van der Waals surface area contributed by atoms with E-state index in [0.29, 0.717) is 0 Å². The van der Waals surface area contributed by atoms with Crippen molar-refractivity contribution in [2.24, 2.45) is 0 Å². The molecule has 94 valence electrons. The molecule has 0 aromatic carbocycles. The molecule has 7 heteroatoms. The first-order chi connectivity index (χ1) is 7.56. The molecule has 1 heterocycles. The Balaban J connectivity index is 2.67. The summed E-state index contributed by atoms with van der Waals surface area (Å²) in [7, 11) is 0.993. The van der Waals surface area contributed by atoms with Gasteiger partial charge in [-0.05, 0) is 6.42 Å². The van der Waals surface area contributed by atoms with Gasteiger partial charge < -0.3 is 9.80 Å². The number of phosphoric ester groups is 1. The van der Waals surface area contributed by atoms with Crippen LogP contribution in [-0.2, 0) is 18.1 Å². The highest BCUT2D eigenvalue weighted by Crippen LogP contribution is 2.49. The van der Waals surface area contributed by atoms with E-state index in [-0.39, 0.29) is 0 Å². The van der Waals surface area contributed by atoms with Gasteiger partial charge in [0.2, 0.25) is 6.35 Å². The maximum Gasteiger partial charge on any atom is 0.477 e. The molecule has 1 aliphatic heterocycles.